The predicted octanol–water partition coefficient (Wildman–Crippen LogP) is -0.441. The Balaban J connectivity index is 3.87. The Morgan fingerprint density at radius 3 is 2.18 bits per heavy atom. The monoisotopic (exact) mass is 265 g/mol. The summed E-state index contributed by atoms with van der Waals surface area (Å²) in [6, 6.07) is 0. The van der Waals surface area contributed by atoms with Crippen molar-refractivity contribution in [3.63, 3.8) is 0 Å². The minimum Gasteiger partial charge on any atom is -0.354 e. The average molecular weight is 265 g/mol. The van der Waals surface area contributed by atoms with Crippen LogP contribution in [0.4, 0.5) is 0 Å². The summed E-state index contributed by atoms with van der Waals surface area (Å²) in [5, 5.41) is 2.71. The Bertz CT molecular complexity index is 337. The quantitative estimate of drug-likeness (QED) is 0.518. The first-order valence-corrected chi connectivity index (χ1v) is 7.66. The first kappa shape index (κ1) is 16.3. The van der Waals surface area contributed by atoms with Gasteiger partial charge in [0, 0.05) is 13.1 Å². The highest BCUT2D eigenvalue weighted by atomic mass is 32.2. The van der Waals surface area contributed by atoms with Crippen LogP contribution in [0.1, 0.15) is 33.1 Å². The van der Waals surface area contributed by atoms with Crippen LogP contribution in [0.3, 0.4) is 0 Å². The molecule has 0 saturated heterocycles. The van der Waals surface area contributed by atoms with Crippen LogP contribution in [0.2, 0.25) is 0 Å². The van der Waals surface area contributed by atoms with E-state index in [4.69, 9.17) is 5.73 Å². The Morgan fingerprint density at radius 2 is 1.76 bits per heavy atom. The molecule has 0 unspecified atom stereocenters. The molecule has 0 aliphatic heterocycles. The summed E-state index contributed by atoms with van der Waals surface area (Å²) in [5.74, 6) is -0.179. The second kappa shape index (κ2) is 6.93. The fourth-order valence-corrected chi connectivity index (χ4v) is 1.81. The fourth-order valence-electron chi connectivity index (χ4n) is 1.30. The molecule has 0 bridgehead atoms. The molecule has 0 saturated carbocycles. The third kappa shape index (κ3) is 6.60. The first-order valence-electron chi connectivity index (χ1n) is 5.77. The van der Waals surface area contributed by atoms with Crippen LogP contribution in [0.25, 0.3) is 0 Å². The molecule has 0 heterocycles. The molecule has 0 atom stereocenters. The van der Waals surface area contributed by atoms with Gasteiger partial charge in [0.1, 0.15) is 0 Å². The van der Waals surface area contributed by atoms with Crippen LogP contribution < -0.4 is 15.8 Å². The third-order valence-corrected chi connectivity index (χ3v) is 3.45. The molecule has 0 aliphatic carbocycles. The van der Waals surface area contributed by atoms with Crippen molar-refractivity contribution >= 4 is 15.9 Å². The summed E-state index contributed by atoms with van der Waals surface area (Å²) in [4.78, 5) is 11.7. The van der Waals surface area contributed by atoms with E-state index in [-0.39, 0.29) is 5.91 Å². The van der Waals surface area contributed by atoms with Crippen molar-refractivity contribution in [2.45, 2.75) is 38.6 Å². The van der Waals surface area contributed by atoms with Crippen molar-refractivity contribution in [3.8, 4) is 0 Å². The number of carbonyl (C=O) groups is 1. The van der Waals surface area contributed by atoms with Gasteiger partial charge in [0.2, 0.25) is 15.9 Å². The normalized spacial score (nSPS) is 12.5. The van der Waals surface area contributed by atoms with E-state index in [1.165, 1.54) is 0 Å². The van der Waals surface area contributed by atoms with Crippen molar-refractivity contribution < 1.29 is 13.2 Å². The van der Waals surface area contributed by atoms with E-state index in [1.54, 1.807) is 0 Å². The molecular formula is C10H23N3O3S. The number of carbonyl (C=O) groups excluding carboxylic acids is 1. The first-order chi connectivity index (χ1) is 7.75. The topological polar surface area (TPSA) is 101 Å². The van der Waals surface area contributed by atoms with Gasteiger partial charge in [0.05, 0.1) is 11.8 Å². The predicted molar refractivity (Wildman–Crippen MR) is 68.0 cm³/mol. The lowest BCUT2D eigenvalue weighted by atomic mass is 9.93. The number of rotatable bonds is 8. The van der Waals surface area contributed by atoms with Gasteiger partial charge in [-0.2, -0.15) is 0 Å². The molecule has 0 fully saturated rings. The lowest BCUT2D eigenvalue weighted by Gasteiger charge is -2.25. The van der Waals surface area contributed by atoms with Gasteiger partial charge in [-0.3, -0.25) is 4.79 Å². The zero-order chi connectivity index (χ0) is 13.5. The molecule has 0 aromatic rings. The summed E-state index contributed by atoms with van der Waals surface area (Å²) in [6.07, 6.45) is 2.81. The van der Waals surface area contributed by atoms with Crippen molar-refractivity contribution in [1.82, 2.24) is 10.0 Å². The third-order valence-electron chi connectivity index (χ3n) is 2.72. The van der Waals surface area contributed by atoms with E-state index in [0.29, 0.717) is 32.4 Å². The molecule has 17 heavy (non-hydrogen) atoms. The van der Waals surface area contributed by atoms with Gasteiger partial charge < -0.3 is 11.1 Å². The summed E-state index contributed by atoms with van der Waals surface area (Å²) < 4.78 is 23.9. The fraction of sp³-hybridized carbons (Fsp3) is 0.900. The van der Waals surface area contributed by atoms with Crippen LogP contribution in [-0.4, -0.2) is 39.2 Å². The molecule has 0 aromatic carbocycles. The lowest BCUT2D eigenvalue weighted by Crippen LogP contribution is -2.53. The largest absolute Gasteiger partial charge is 0.354 e. The Morgan fingerprint density at radius 1 is 1.24 bits per heavy atom. The van der Waals surface area contributed by atoms with Crippen LogP contribution in [-0.2, 0) is 14.8 Å². The van der Waals surface area contributed by atoms with Gasteiger partial charge in [-0.1, -0.05) is 13.8 Å². The van der Waals surface area contributed by atoms with Gasteiger partial charge in [0.25, 0.3) is 0 Å². The second-order valence-electron chi connectivity index (χ2n) is 4.14. The molecule has 0 aliphatic rings. The van der Waals surface area contributed by atoms with Gasteiger partial charge in [-0.25, -0.2) is 13.1 Å². The highest BCUT2D eigenvalue weighted by Crippen LogP contribution is 2.10. The maximum Gasteiger partial charge on any atom is 0.240 e. The molecule has 7 heteroatoms. The second-order valence-corrected chi connectivity index (χ2v) is 5.97. The molecular weight excluding hydrogens is 242 g/mol. The number of hydrogen-bond donors (Lipinski definition) is 3. The van der Waals surface area contributed by atoms with Crippen LogP contribution in [0, 0.1) is 0 Å². The van der Waals surface area contributed by atoms with Gasteiger partial charge in [-0.05, 0) is 19.3 Å². The van der Waals surface area contributed by atoms with Crippen LogP contribution in [0.5, 0.6) is 0 Å². The molecule has 1 amide bonds. The average Bonchev–Trinajstić information content (AvgIpc) is 2.25. The van der Waals surface area contributed by atoms with Gasteiger partial charge in [0.15, 0.2) is 0 Å². The summed E-state index contributed by atoms with van der Waals surface area (Å²) in [6.45, 7) is 4.47. The van der Waals surface area contributed by atoms with Gasteiger partial charge >= 0.3 is 0 Å². The highest BCUT2D eigenvalue weighted by molar-refractivity contribution is 7.88. The molecule has 0 aromatic heterocycles. The van der Waals surface area contributed by atoms with Crippen LogP contribution in [0.15, 0.2) is 0 Å². The summed E-state index contributed by atoms with van der Waals surface area (Å²) >= 11 is 0. The highest BCUT2D eigenvalue weighted by Gasteiger charge is 2.29. The number of sulfonamides is 1. The van der Waals surface area contributed by atoms with Gasteiger partial charge in [-0.15, -0.1) is 0 Å². The molecule has 0 radical (unpaired) electrons. The van der Waals surface area contributed by atoms with Crippen molar-refractivity contribution in [1.29, 1.82) is 0 Å². The van der Waals surface area contributed by atoms with Crippen molar-refractivity contribution in [2.24, 2.45) is 5.73 Å². The summed E-state index contributed by atoms with van der Waals surface area (Å²) in [7, 11) is -3.15. The maximum atomic E-state index is 11.7. The Labute approximate surface area is 103 Å². The number of hydrogen-bond acceptors (Lipinski definition) is 4. The zero-order valence-electron chi connectivity index (χ0n) is 10.7. The van der Waals surface area contributed by atoms with E-state index in [2.05, 4.69) is 10.0 Å². The van der Waals surface area contributed by atoms with E-state index in [0.717, 1.165) is 6.26 Å². The van der Waals surface area contributed by atoms with E-state index in [9.17, 15) is 13.2 Å². The molecule has 4 N–H and O–H groups in total. The Kier molecular flexibility index (Phi) is 6.66. The minimum absolute atomic E-state index is 0.179. The standard InChI is InChI=1S/C10H23N3O3S/c1-4-10(11,5-2)9(14)12-7-6-8-13-17(3,15)16/h13H,4-8,11H2,1-3H3,(H,12,14). The van der Waals surface area contributed by atoms with Crippen molar-refractivity contribution in [3.05, 3.63) is 0 Å². The maximum absolute atomic E-state index is 11.7. The van der Waals surface area contributed by atoms with Crippen LogP contribution >= 0.6 is 0 Å². The Hall–Kier alpha value is -0.660. The van der Waals surface area contributed by atoms with E-state index >= 15 is 0 Å². The number of nitrogens with one attached hydrogen (secondary N) is 2. The summed E-state index contributed by atoms with van der Waals surface area (Å²) in [5.41, 5.74) is 5.09. The SMILES string of the molecule is CCC(N)(CC)C(=O)NCCCNS(C)(=O)=O. The molecule has 0 spiro atoms. The zero-order valence-corrected chi connectivity index (χ0v) is 11.6. The van der Waals surface area contributed by atoms with E-state index in [1.807, 2.05) is 13.8 Å². The van der Waals surface area contributed by atoms with E-state index < -0.39 is 15.6 Å². The molecule has 102 valence electrons. The lowest BCUT2D eigenvalue weighted by molar-refractivity contribution is -0.126. The van der Waals surface area contributed by atoms with Crippen molar-refractivity contribution in [2.75, 3.05) is 19.3 Å². The molecule has 6 nitrogen and oxygen atoms in total. The smallest absolute Gasteiger partial charge is 0.240 e. The molecule has 0 rings (SSSR count). The number of amides is 1. The number of nitrogens with two attached hydrogens (primary N) is 1. The minimum atomic E-state index is -3.15.